The van der Waals surface area contributed by atoms with Gasteiger partial charge in [-0.3, -0.25) is 4.79 Å². The molecule has 1 fully saturated rings. The van der Waals surface area contributed by atoms with Crippen LogP contribution in [0.25, 0.3) is 11.4 Å². The predicted molar refractivity (Wildman–Crippen MR) is 113 cm³/mol. The first kappa shape index (κ1) is 20.7. The van der Waals surface area contributed by atoms with Crippen LogP contribution in [0.1, 0.15) is 22.0 Å². The number of aromatic nitrogens is 4. The molecule has 1 aliphatic rings. The van der Waals surface area contributed by atoms with E-state index in [2.05, 4.69) is 31.3 Å². The highest BCUT2D eigenvalue weighted by Crippen LogP contribution is 2.32. The highest BCUT2D eigenvalue weighted by molar-refractivity contribution is 6.42. The number of amides is 1. The van der Waals surface area contributed by atoms with E-state index in [0.717, 1.165) is 12.1 Å². The molecule has 0 radical (unpaired) electrons. The van der Waals surface area contributed by atoms with E-state index in [-0.39, 0.29) is 17.9 Å². The SMILES string of the molecule is O=C(NC[C@@H]1CNCCO[C@H]1c1ccc(Cl)c(Cl)c1)c1cccc(-c2nn[nH]n2)c1. The maximum absolute atomic E-state index is 12.8. The van der Waals surface area contributed by atoms with Gasteiger partial charge in [0.05, 0.1) is 22.8 Å². The summed E-state index contributed by atoms with van der Waals surface area (Å²) in [6.45, 7) is 2.45. The second-order valence-corrected chi connectivity index (χ2v) is 7.77. The molecule has 156 valence electrons. The maximum atomic E-state index is 12.8. The summed E-state index contributed by atoms with van der Waals surface area (Å²) in [5, 5.41) is 21.2. The van der Waals surface area contributed by atoms with Crippen LogP contribution in [0.5, 0.6) is 0 Å². The minimum atomic E-state index is -0.208. The normalized spacial score (nSPS) is 19.3. The van der Waals surface area contributed by atoms with Gasteiger partial charge in [-0.25, -0.2) is 0 Å². The largest absolute Gasteiger partial charge is 0.372 e. The summed E-state index contributed by atoms with van der Waals surface area (Å²) < 4.78 is 6.06. The Morgan fingerprint density at radius 1 is 1.20 bits per heavy atom. The van der Waals surface area contributed by atoms with E-state index in [1.54, 1.807) is 24.3 Å². The first-order valence-corrected chi connectivity index (χ1v) is 10.3. The van der Waals surface area contributed by atoms with Crippen molar-refractivity contribution < 1.29 is 9.53 Å². The van der Waals surface area contributed by atoms with Gasteiger partial charge in [-0.2, -0.15) is 5.21 Å². The summed E-state index contributed by atoms with van der Waals surface area (Å²) in [6.07, 6.45) is -0.208. The molecule has 0 spiro atoms. The van der Waals surface area contributed by atoms with Crippen molar-refractivity contribution >= 4 is 29.1 Å². The predicted octanol–water partition coefficient (Wildman–Crippen LogP) is 2.88. The standard InChI is InChI=1S/C20H20Cl2N6O2/c21-16-5-4-12(9-17(16)22)18-15(10-23-6-7-30-18)11-24-20(29)14-3-1-2-13(8-14)19-25-27-28-26-19/h1-5,8-9,15,18,23H,6-7,10-11H2,(H,24,29)(H,25,26,27,28)/t15-,18-/m0/s1. The number of aromatic amines is 1. The van der Waals surface area contributed by atoms with Crippen LogP contribution in [0.4, 0.5) is 0 Å². The monoisotopic (exact) mass is 446 g/mol. The Hall–Kier alpha value is -2.52. The van der Waals surface area contributed by atoms with Crippen LogP contribution < -0.4 is 10.6 Å². The second-order valence-electron chi connectivity index (χ2n) is 6.96. The van der Waals surface area contributed by atoms with Crippen molar-refractivity contribution in [3.63, 3.8) is 0 Å². The lowest BCUT2D eigenvalue weighted by molar-refractivity contribution is 0.0306. The molecule has 8 nitrogen and oxygen atoms in total. The van der Waals surface area contributed by atoms with Crippen LogP contribution in [0.3, 0.4) is 0 Å². The van der Waals surface area contributed by atoms with E-state index in [1.807, 2.05) is 18.2 Å². The average Bonchev–Trinajstić information content (AvgIpc) is 3.20. The van der Waals surface area contributed by atoms with Crippen LogP contribution in [0.2, 0.25) is 10.0 Å². The molecule has 3 N–H and O–H groups in total. The number of halogens is 2. The molecule has 30 heavy (non-hydrogen) atoms. The van der Waals surface area contributed by atoms with E-state index in [4.69, 9.17) is 27.9 Å². The lowest BCUT2D eigenvalue weighted by Crippen LogP contribution is -2.36. The molecular weight excluding hydrogens is 427 g/mol. The van der Waals surface area contributed by atoms with E-state index < -0.39 is 0 Å². The fourth-order valence-corrected chi connectivity index (χ4v) is 3.74. The number of nitrogens with one attached hydrogen (secondary N) is 3. The maximum Gasteiger partial charge on any atom is 0.251 e. The van der Waals surface area contributed by atoms with Crippen LogP contribution >= 0.6 is 23.2 Å². The van der Waals surface area contributed by atoms with Crippen LogP contribution in [0, 0.1) is 5.92 Å². The first-order chi connectivity index (χ1) is 14.6. The number of benzene rings is 2. The summed E-state index contributed by atoms with van der Waals surface area (Å²) in [4.78, 5) is 12.8. The molecule has 2 heterocycles. The topological polar surface area (TPSA) is 105 Å². The Morgan fingerprint density at radius 3 is 2.90 bits per heavy atom. The van der Waals surface area contributed by atoms with Gasteiger partial charge in [-0.1, -0.05) is 41.4 Å². The van der Waals surface area contributed by atoms with Crippen molar-refractivity contribution in [2.24, 2.45) is 5.92 Å². The van der Waals surface area contributed by atoms with Gasteiger partial charge >= 0.3 is 0 Å². The third-order valence-corrected chi connectivity index (χ3v) is 5.68. The zero-order valence-corrected chi connectivity index (χ0v) is 17.5. The molecule has 0 unspecified atom stereocenters. The van der Waals surface area contributed by atoms with E-state index in [0.29, 0.717) is 46.7 Å². The lowest BCUT2D eigenvalue weighted by atomic mass is 9.95. The van der Waals surface area contributed by atoms with Gasteiger partial charge in [0.25, 0.3) is 5.91 Å². The Kier molecular flexibility index (Phi) is 6.59. The van der Waals surface area contributed by atoms with Crippen molar-refractivity contribution in [2.45, 2.75) is 6.10 Å². The minimum absolute atomic E-state index is 0.0223. The highest BCUT2D eigenvalue weighted by Gasteiger charge is 2.27. The highest BCUT2D eigenvalue weighted by atomic mass is 35.5. The van der Waals surface area contributed by atoms with E-state index >= 15 is 0 Å². The number of rotatable bonds is 5. The van der Waals surface area contributed by atoms with Crippen molar-refractivity contribution in [3.05, 3.63) is 63.6 Å². The number of ether oxygens (including phenoxy) is 1. The van der Waals surface area contributed by atoms with Gasteiger partial charge in [-0.15, -0.1) is 10.2 Å². The quantitative estimate of drug-likeness (QED) is 0.556. The van der Waals surface area contributed by atoms with Gasteiger partial charge in [0.2, 0.25) is 5.82 Å². The summed E-state index contributed by atoms with van der Waals surface area (Å²) in [5.74, 6) is 0.275. The van der Waals surface area contributed by atoms with Gasteiger partial charge < -0.3 is 15.4 Å². The van der Waals surface area contributed by atoms with Crippen molar-refractivity contribution in [1.82, 2.24) is 31.3 Å². The molecule has 1 aromatic heterocycles. The summed E-state index contributed by atoms with van der Waals surface area (Å²) in [7, 11) is 0. The van der Waals surface area contributed by atoms with Crippen molar-refractivity contribution in [2.75, 3.05) is 26.2 Å². The fraction of sp³-hybridized carbons (Fsp3) is 0.300. The third kappa shape index (κ3) is 4.79. The van der Waals surface area contributed by atoms with Crippen LogP contribution in [-0.4, -0.2) is 52.8 Å². The summed E-state index contributed by atoms with van der Waals surface area (Å²) >= 11 is 12.2. The molecular formula is C20H20Cl2N6O2. The Morgan fingerprint density at radius 2 is 2.10 bits per heavy atom. The Labute approximate surface area is 183 Å². The zero-order valence-electron chi connectivity index (χ0n) is 15.9. The molecule has 1 saturated heterocycles. The van der Waals surface area contributed by atoms with Gasteiger partial charge in [0, 0.05) is 36.7 Å². The molecule has 2 atom stereocenters. The zero-order chi connectivity index (χ0) is 20.9. The average molecular weight is 447 g/mol. The number of hydrogen-bond donors (Lipinski definition) is 3. The van der Waals surface area contributed by atoms with Crippen molar-refractivity contribution in [1.29, 1.82) is 0 Å². The van der Waals surface area contributed by atoms with Gasteiger partial charge in [0.1, 0.15) is 0 Å². The van der Waals surface area contributed by atoms with Crippen LogP contribution in [0.15, 0.2) is 42.5 Å². The third-order valence-electron chi connectivity index (χ3n) is 4.94. The summed E-state index contributed by atoms with van der Waals surface area (Å²) in [5.41, 5.74) is 2.17. The van der Waals surface area contributed by atoms with Gasteiger partial charge in [0.15, 0.2) is 0 Å². The molecule has 3 aromatic rings. The van der Waals surface area contributed by atoms with Gasteiger partial charge in [-0.05, 0) is 35.0 Å². The molecule has 1 amide bonds. The smallest absolute Gasteiger partial charge is 0.251 e. The number of hydrogen-bond acceptors (Lipinski definition) is 6. The molecule has 0 bridgehead atoms. The fourth-order valence-electron chi connectivity index (χ4n) is 3.44. The summed E-state index contributed by atoms with van der Waals surface area (Å²) in [6, 6.07) is 12.6. The molecule has 0 saturated carbocycles. The molecule has 0 aliphatic carbocycles. The van der Waals surface area contributed by atoms with E-state index in [1.165, 1.54) is 0 Å². The molecule has 2 aromatic carbocycles. The molecule has 1 aliphatic heterocycles. The number of H-pyrrole nitrogens is 1. The second kappa shape index (κ2) is 9.53. The number of carbonyl (C=O) groups excluding carboxylic acids is 1. The van der Waals surface area contributed by atoms with Crippen molar-refractivity contribution in [3.8, 4) is 11.4 Å². The number of carbonyl (C=O) groups is 1. The van der Waals surface area contributed by atoms with E-state index in [9.17, 15) is 4.79 Å². The number of tetrazole rings is 1. The lowest BCUT2D eigenvalue weighted by Gasteiger charge is -2.25. The molecule has 10 heteroatoms. The minimum Gasteiger partial charge on any atom is -0.372 e. The Balaban J connectivity index is 1.47. The Bertz CT molecular complexity index is 1010. The number of nitrogens with zero attached hydrogens (tertiary/aromatic N) is 3. The first-order valence-electron chi connectivity index (χ1n) is 9.51. The molecule has 4 rings (SSSR count). The van der Waals surface area contributed by atoms with Crippen LogP contribution in [-0.2, 0) is 4.74 Å².